The molecule has 2 aliphatic rings. The lowest BCUT2D eigenvalue weighted by atomic mass is 10.1. The summed E-state index contributed by atoms with van der Waals surface area (Å²) in [7, 11) is 0. The van der Waals surface area contributed by atoms with Gasteiger partial charge in [-0.2, -0.15) is 0 Å². The van der Waals surface area contributed by atoms with Gasteiger partial charge in [-0.3, -0.25) is 14.5 Å². The molecule has 1 aromatic carbocycles. The minimum atomic E-state index is -0.104. The molecule has 3 rings (SSSR count). The third-order valence-electron chi connectivity index (χ3n) is 5.06. The molecule has 6 heteroatoms. The molecule has 6 nitrogen and oxygen atoms in total. The van der Waals surface area contributed by atoms with Gasteiger partial charge in [0.2, 0.25) is 5.91 Å². The van der Waals surface area contributed by atoms with Crippen LogP contribution in [0, 0.1) is 0 Å². The summed E-state index contributed by atoms with van der Waals surface area (Å²) >= 11 is 0. The summed E-state index contributed by atoms with van der Waals surface area (Å²) in [5, 5.41) is 0. The zero-order valence-corrected chi connectivity index (χ0v) is 14.3. The van der Waals surface area contributed by atoms with Crippen LogP contribution in [0.4, 0.5) is 5.69 Å². The Labute approximate surface area is 143 Å². The number of nitrogen functional groups attached to an aromatic ring is 1. The fourth-order valence-corrected chi connectivity index (χ4v) is 3.52. The number of nitrogens with two attached hydrogens (primary N) is 1. The van der Waals surface area contributed by atoms with Crippen molar-refractivity contribution in [1.82, 2.24) is 14.7 Å². The maximum atomic E-state index is 12.5. The molecule has 0 radical (unpaired) electrons. The topological polar surface area (TPSA) is 69.9 Å². The molecule has 2 amide bonds. The molecule has 0 bridgehead atoms. The van der Waals surface area contributed by atoms with E-state index in [0.717, 1.165) is 39.0 Å². The van der Waals surface area contributed by atoms with E-state index in [0.29, 0.717) is 24.3 Å². The average Bonchev–Trinajstić information content (AvgIpc) is 3.14. The summed E-state index contributed by atoms with van der Waals surface area (Å²) in [4.78, 5) is 31.1. The molecule has 2 heterocycles. The summed E-state index contributed by atoms with van der Waals surface area (Å²) in [5.41, 5.74) is 6.99. The van der Waals surface area contributed by atoms with Gasteiger partial charge in [0, 0.05) is 50.5 Å². The van der Waals surface area contributed by atoms with E-state index in [2.05, 4.69) is 4.90 Å². The van der Waals surface area contributed by atoms with Crippen molar-refractivity contribution in [2.24, 2.45) is 0 Å². The number of hydrogen-bond donors (Lipinski definition) is 1. The van der Waals surface area contributed by atoms with Crippen molar-refractivity contribution in [3.8, 4) is 0 Å². The van der Waals surface area contributed by atoms with E-state index < -0.39 is 0 Å². The second kappa shape index (κ2) is 7.21. The average molecular weight is 330 g/mol. The van der Waals surface area contributed by atoms with Gasteiger partial charge in [-0.1, -0.05) is 6.07 Å². The highest BCUT2D eigenvalue weighted by Gasteiger charge is 2.31. The van der Waals surface area contributed by atoms with Crippen molar-refractivity contribution in [1.29, 1.82) is 0 Å². The second-order valence-corrected chi connectivity index (χ2v) is 6.66. The van der Waals surface area contributed by atoms with Crippen molar-refractivity contribution in [2.45, 2.75) is 25.8 Å². The number of piperazine rings is 1. The normalized spacial score (nSPS) is 20.2. The van der Waals surface area contributed by atoms with Crippen molar-refractivity contribution in [3.05, 3.63) is 29.8 Å². The SMILES string of the molecule is CC(C(=O)N1CCCC1)N1CCN(C(=O)c2cccc(N)c2)CC1. The first-order chi connectivity index (χ1) is 11.6. The third kappa shape index (κ3) is 3.53. The molecule has 1 atom stereocenters. The molecule has 1 unspecified atom stereocenters. The molecule has 2 N–H and O–H groups in total. The van der Waals surface area contributed by atoms with Crippen molar-refractivity contribution >= 4 is 17.5 Å². The highest BCUT2D eigenvalue weighted by Crippen LogP contribution is 2.16. The van der Waals surface area contributed by atoms with Crippen LogP contribution in [0.5, 0.6) is 0 Å². The first-order valence-electron chi connectivity index (χ1n) is 8.74. The molecular weight excluding hydrogens is 304 g/mol. The number of carbonyl (C=O) groups excluding carboxylic acids is 2. The number of carbonyl (C=O) groups is 2. The predicted molar refractivity (Wildman–Crippen MR) is 93.6 cm³/mol. The molecule has 130 valence electrons. The van der Waals surface area contributed by atoms with Crippen molar-refractivity contribution < 1.29 is 9.59 Å². The molecular formula is C18H26N4O2. The lowest BCUT2D eigenvalue weighted by Gasteiger charge is -2.38. The first-order valence-corrected chi connectivity index (χ1v) is 8.74. The third-order valence-corrected chi connectivity index (χ3v) is 5.06. The lowest BCUT2D eigenvalue weighted by molar-refractivity contribution is -0.135. The zero-order valence-electron chi connectivity index (χ0n) is 14.3. The molecule has 1 aromatic rings. The van der Waals surface area contributed by atoms with Crippen LogP contribution < -0.4 is 5.73 Å². The number of likely N-dealkylation sites (tertiary alicyclic amines) is 1. The Bertz CT molecular complexity index is 605. The van der Waals surface area contributed by atoms with E-state index in [1.807, 2.05) is 16.7 Å². The van der Waals surface area contributed by atoms with Crippen molar-refractivity contribution in [3.63, 3.8) is 0 Å². The van der Waals surface area contributed by atoms with Gasteiger partial charge in [0.1, 0.15) is 0 Å². The van der Waals surface area contributed by atoms with E-state index in [4.69, 9.17) is 5.73 Å². The largest absolute Gasteiger partial charge is 0.399 e. The van der Waals surface area contributed by atoms with Crippen LogP contribution >= 0.6 is 0 Å². The predicted octanol–water partition coefficient (Wildman–Crippen LogP) is 1.04. The van der Waals surface area contributed by atoms with Gasteiger partial charge < -0.3 is 15.5 Å². The summed E-state index contributed by atoms with van der Waals surface area (Å²) in [6, 6.07) is 6.99. The molecule has 2 saturated heterocycles. The van der Waals surface area contributed by atoms with Gasteiger partial charge in [-0.25, -0.2) is 0 Å². The van der Waals surface area contributed by atoms with Gasteiger partial charge in [-0.15, -0.1) is 0 Å². The van der Waals surface area contributed by atoms with E-state index in [1.165, 1.54) is 0 Å². The van der Waals surface area contributed by atoms with Crippen molar-refractivity contribution in [2.75, 3.05) is 45.0 Å². The van der Waals surface area contributed by atoms with Crippen LogP contribution in [-0.4, -0.2) is 71.8 Å². The Kier molecular flexibility index (Phi) is 5.04. The number of nitrogens with zero attached hydrogens (tertiary/aromatic N) is 3. The van der Waals surface area contributed by atoms with Crippen LogP contribution in [0.15, 0.2) is 24.3 Å². The molecule has 24 heavy (non-hydrogen) atoms. The number of benzene rings is 1. The Hall–Kier alpha value is -2.08. The Morgan fingerprint density at radius 3 is 2.29 bits per heavy atom. The van der Waals surface area contributed by atoms with Gasteiger partial charge >= 0.3 is 0 Å². The zero-order chi connectivity index (χ0) is 17.1. The van der Waals surface area contributed by atoms with Gasteiger partial charge in [0.15, 0.2) is 0 Å². The standard InChI is InChI=1S/C18H26N4O2/c1-14(17(23)21-7-2-3-8-21)20-9-11-22(12-10-20)18(24)15-5-4-6-16(19)13-15/h4-6,13-14H,2-3,7-12,19H2,1H3. The van der Waals surface area contributed by atoms with Crippen LogP contribution in [-0.2, 0) is 4.79 Å². The summed E-state index contributed by atoms with van der Waals surface area (Å²) in [5.74, 6) is 0.239. The summed E-state index contributed by atoms with van der Waals surface area (Å²) in [6.45, 7) is 6.50. The second-order valence-electron chi connectivity index (χ2n) is 6.66. The van der Waals surface area contributed by atoms with E-state index in [-0.39, 0.29) is 17.9 Å². The smallest absolute Gasteiger partial charge is 0.254 e. The Balaban J connectivity index is 1.55. The molecule has 2 aliphatic heterocycles. The van der Waals surface area contributed by atoms with Gasteiger partial charge in [0.25, 0.3) is 5.91 Å². The summed E-state index contributed by atoms with van der Waals surface area (Å²) in [6.07, 6.45) is 2.22. The van der Waals surface area contributed by atoms with Gasteiger partial charge in [0.05, 0.1) is 6.04 Å². The minimum absolute atomic E-state index is 0.0143. The van der Waals surface area contributed by atoms with E-state index in [9.17, 15) is 9.59 Å². The van der Waals surface area contributed by atoms with E-state index in [1.54, 1.807) is 24.3 Å². The molecule has 0 spiro atoms. The number of amides is 2. The molecule has 0 saturated carbocycles. The fourth-order valence-electron chi connectivity index (χ4n) is 3.52. The van der Waals surface area contributed by atoms with Crippen LogP contribution in [0.25, 0.3) is 0 Å². The van der Waals surface area contributed by atoms with E-state index >= 15 is 0 Å². The Morgan fingerprint density at radius 1 is 1.00 bits per heavy atom. The maximum absolute atomic E-state index is 12.5. The fraction of sp³-hybridized carbons (Fsp3) is 0.556. The van der Waals surface area contributed by atoms with Crippen LogP contribution in [0.3, 0.4) is 0 Å². The Morgan fingerprint density at radius 2 is 1.67 bits per heavy atom. The number of anilines is 1. The first kappa shape index (κ1) is 16.8. The highest BCUT2D eigenvalue weighted by atomic mass is 16.2. The maximum Gasteiger partial charge on any atom is 0.254 e. The van der Waals surface area contributed by atoms with Gasteiger partial charge in [-0.05, 0) is 38.0 Å². The monoisotopic (exact) mass is 330 g/mol. The highest BCUT2D eigenvalue weighted by molar-refractivity contribution is 5.95. The molecule has 0 aromatic heterocycles. The summed E-state index contributed by atoms with van der Waals surface area (Å²) < 4.78 is 0. The quantitative estimate of drug-likeness (QED) is 0.841. The number of hydrogen-bond acceptors (Lipinski definition) is 4. The molecule has 2 fully saturated rings. The minimum Gasteiger partial charge on any atom is -0.399 e. The van der Waals surface area contributed by atoms with Crippen LogP contribution in [0.1, 0.15) is 30.1 Å². The lowest BCUT2D eigenvalue weighted by Crippen LogP contribution is -2.55. The number of rotatable bonds is 3. The molecule has 0 aliphatic carbocycles. The van der Waals surface area contributed by atoms with Crippen LogP contribution in [0.2, 0.25) is 0 Å².